The maximum atomic E-state index is 11.0. The van der Waals surface area contributed by atoms with Gasteiger partial charge in [-0.3, -0.25) is 4.79 Å². The van der Waals surface area contributed by atoms with E-state index in [1.54, 1.807) is 18.5 Å². The van der Waals surface area contributed by atoms with Crippen molar-refractivity contribution >= 4 is 11.8 Å². The zero-order valence-corrected chi connectivity index (χ0v) is 7.79. The second-order valence-electron chi connectivity index (χ2n) is 2.95. The van der Waals surface area contributed by atoms with Crippen LogP contribution in [0.1, 0.15) is 33.5 Å². The number of ketones is 1. The Balaban J connectivity index is 3.36. The highest BCUT2D eigenvalue weighted by molar-refractivity contribution is 5.97. The van der Waals surface area contributed by atoms with Crippen molar-refractivity contribution in [2.75, 3.05) is 0 Å². The van der Waals surface area contributed by atoms with Gasteiger partial charge in [-0.05, 0) is 13.0 Å². The molecule has 1 N–H and O–H groups in total. The average Bonchev–Trinajstić information content (AvgIpc) is 2.29. The third kappa shape index (κ3) is 1.47. The fourth-order valence-corrected chi connectivity index (χ4v) is 1.25. The summed E-state index contributed by atoms with van der Waals surface area (Å²) in [6.45, 7) is 3.09. The SMILES string of the molecule is CC(=O)c1cc(C(=O)O)c(C)n1C. The first-order chi connectivity index (χ1) is 5.95. The van der Waals surface area contributed by atoms with Crippen molar-refractivity contribution in [3.05, 3.63) is 23.0 Å². The summed E-state index contributed by atoms with van der Waals surface area (Å²) in [5.41, 5.74) is 1.21. The maximum absolute atomic E-state index is 11.0. The van der Waals surface area contributed by atoms with Crippen LogP contribution in [0.5, 0.6) is 0 Å². The fraction of sp³-hybridized carbons (Fsp3) is 0.333. The standard InChI is InChI=1S/C9H11NO3/c1-5-7(9(12)13)4-8(6(2)11)10(5)3/h4H,1-3H3,(H,12,13). The molecule has 0 bridgehead atoms. The van der Waals surface area contributed by atoms with Gasteiger partial charge in [0.25, 0.3) is 0 Å². The number of Topliss-reactive ketones (excluding diaryl/α,β-unsaturated/α-hetero) is 1. The number of nitrogens with zero attached hydrogens (tertiary/aromatic N) is 1. The molecule has 0 aromatic carbocycles. The Hall–Kier alpha value is -1.58. The molecule has 0 saturated carbocycles. The van der Waals surface area contributed by atoms with Crippen LogP contribution in [0, 0.1) is 6.92 Å². The minimum atomic E-state index is -0.999. The van der Waals surface area contributed by atoms with Gasteiger partial charge in [-0.15, -0.1) is 0 Å². The number of hydrogen-bond donors (Lipinski definition) is 1. The molecule has 0 aliphatic rings. The molecule has 13 heavy (non-hydrogen) atoms. The van der Waals surface area contributed by atoms with Crippen molar-refractivity contribution in [1.82, 2.24) is 4.57 Å². The molecule has 1 aromatic heterocycles. The first kappa shape index (κ1) is 9.51. The molecule has 0 amide bonds. The highest BCUT2D eigenvalue weighted by Gasteiger charge is 2.16. The van der Waals surface area contributed by atoms with Gasteiger partial charge in [-0.2, -0.15) is 0 Å². The molecule has 4 heteroatoms. The minimum absolute atomic E-state index is 0.127. The van der Waals surface area contributed by atoms with Crippen LogP contribution in [0.25, 0.3) is 0 Å². The van der Waals surface area contributed by atoms with Gasteiger partial charge in [0.1, 0.15) is 0 Å². The molecule has 70 valence electrons. The third-order valence-corrected chi connectivity index (χ3v) is 2.13. The van der Waals surface area contributed by atoms with Crippen molar-refractivity contribution in [1.29, 1.82) is 0 Å². The summed E-state index contributed by atoms with van der Waals surface area (Å²) in [6.07, 6.45) is 0. The molecule has 0 radical (unpaired) electrons. The van der Waals surface area contributed by atoms with E-state index in [0.717, 1.165) is 0 Å². The van der Waals surface area contributed by atoms with E-state index in [4.69, 9.17) is 5.11 Å². The van der Waals surface area contributed by atoms with E-state index in [-0.39, 0.29) is 11.3 Å². The lowest BCUT2D eigenvalue weighted by Gasteiger charge is -2.00. The molecule has 1 rings (SSSR count). The lowest BCUT2D eigenvalue weighted by molar-refractivity contribution is 0.0696. The van der Waals surface area contributed by atoms with E-state index in [0.29, 0.717) is 11.4 Å². The molecule has 0 aliphatic carbocycles. The Morgan fingerprint density at radius 3 is 2.23 bits per heavy atom. The van der Waals surface area contributed by atoms with E-state index in [2.05, 4.69) is 0 Å². The van der Waals surface area contributed by atoms with Crippen LogP contribution in [-0.2, 0) is 7.05 Å². The molecule has 0 saturated heterocycles. The molecule has 1 heterocycles. The molecular formula is C9H11NO3. The summed E-state index contributed by atoms with van der Waals surface area (Å²) in [7, 11) is 1.68. The van der Waals surface area contributed by atoms with Crippen molar-refractivity contribution in [3.63, 3.8) is 0 Å². The van der Waals surface area contributed by atoms with Crippen LogP contribution in [0.2, 0.25) is 0 Å². The van der Waals surface area contributed by atoms with Crippen LogP contribution in [0.4, 0.5) is 0 Å². The Bertz CT molecular complexity index is 342. The molecule has 4 nitrogen and oxygen atoms in total. The van der Waals surface area contributed by atoms with Crippen molar-refractivity contribution < 1.29 is 14.7 Å². The highest BCUT2D eigenvalue weighted by Crippen LogP contribution is 2.14. The van der Waals surface area contributed by atoms with E-state index >= 15 is 0 Å². The summed E-state index contributed by atoms with van der Waals surface area (Å²) >= 11 is 0. The van der Waals surface area contributed by atoms with E-state index in [1.807, 2.05) is 0 Å². The number of carbonyl (C=O) groups is 2. The van der Waals surface area contributed by atoms with Gasteiger partial charge in [0.2, 0.25) is 0 Å². The van der Waals surface area contributed by atoms with Gasteiger partial charge < -0.3 is 9.67 Å². The summed E-state index contributed by atoms with van der Waals surface area (Å²) in [4.78, 5) is 21.7. The Labute approximate surface area is 75.8 Å². The molecule has 0 unspecified atom stereocenters. The van der Waals surface area contributed by atoms with Crippen LogP contribution >= 0.6 is 0 Å². The van der Waals surface area contributed by atoms with Gasteiger partial charge in [-0.25, -0.2) is 4.79 Å². The second-order valence-corrected chi connectivity index (χ2v) is 2.95. The van der Waals surface area contributed by atoms with Gasteiger partial charge in [0.05, 0.1) is 11.3 Å². The zero-order chi connectivity index (χ0) is 10.2. The molecule has 0 spiro atoms. The van der Waals surface area contributed by atoms with Gasteiger partial charge in [-0.1, -0.05) is 0 Å². The second kappa shape index (κ2) is 3.05. The zero-order valence-electron chi connectivity index (χ0n) is 7.79. The molecule has 0 fully saturated rings. The summed E-state index contributed by atoms with van der Waals surface area (Å²) < 4.78 is 1.59. The maximum Gasteiger partial charge on any atom is 0.337 e. The van der Waals surface area contributed by atoms with Crippen LogP contribution < -0.4 is 0 Å². The molecule has 0 aliphatic heterocycles. The van der Waals surface area contributed by atoms with Crippen LogP contribution in [0.3, 0.4) is 0 Å². The number of aromatic nitrogens is 1. The third-order valence-electron chi connectivity index (χ3n) is 2.13. The Morgan fingerprint density at radius 1 is 1.46 bits per heavy atom. The quantitative estimate of drug-likeness (QED) is 0.698. The Morgan fingerprint density at radius 2 is 2.00 bits per heavy atom. The van der Waals surface area contributed by atoms with Crippen molar-refractivity contribution in [2.24, 2.45) is 7.05 Å². The minimum Gasteiger partial charge on any atom is -0.478 e. The van der Waals surface area contributed by atoms with E-state index in [1.165, 1.54) is 13.0 Å². The van der Waals surface area contributed by atoms with Gasteiger partial charge in [0.15, 0.2) is 5.78 Å². The lowest BCUT2D eigenvalue weighted by atomic mass is 10.2. The predicted octanol–water partition coefficient (Wildman–Crippen LogP) is 1.23. The summed E-state index contributed by atoms with van der Waals surface area (Å²) in [6, 6.07) is 1.40. The van der Waals surface area contributed by atoms with Crippen LogP contribution in [0.15, 0.2) is 6.07 Å². The number of carboxylic acid groups (broad SMARTS) is 1. The number of hydrogen-bond acceptors (Lipinski definition) is 2. The fourth-order valence-electron chi connectivity index (χ4n) is 1.25. The van der Waals surface area contributed by atoms with Gasteiger partial charge >= 0.3 is 5.97 Å². The smallest absolute Gasteiger partial charge is 0.337 e. The molecule has 0 atom stereocenters. The monoisotopic (exact) mass is 181 g/mol. The van der Waals surface area contributed by atoms with Crippen LogP contribution in [-0.4, -0.2) is 21.4 Å². The topological polar surface area (TPSA) is 59.3 Å². The Kier molecular flexibility index (Phi) is 2.23. The lowest BCUT2D eigenvalue weighted by Crippen LogP contribution is -2.03. The first-order valence-electron chi connectivity index (χ1n) is 3.85. The number of aromatic carboxylic acids is 1. The highest BCUT2D eigenvalue weighted by atomic mass is 16.4. The number of carboxylic acids is 1. The van der Waals surface area contributed by atoms with Crippen molar-refractivity contribution in [3.8, 4) is 0 Å². The largest absolute Gasteiger partial charge is 0.478 e. The molecular weight excluding hydrogens is 170 g/mol. The normalized spacial score (nSPS) is 10.1. The van der Waals surface area contributed by atoms with Gasteiger partial charge in [0, 0.05) is 19.7 Å². The number of carbonyl (C=O) groups excluding carboxylic acids is 1. The van der Waals surface area contributed by atoms with E-state index < -0.39 is 5.97 Å². The molecule has 1 aromatic rings. The average molecular weight is 181 g/mol. The number of rotatable bonds is 2. The van der Waals surface area contributed by atoms with Crippen molar-refractivity contribution in [2.45, 2.75) is 13.8 Å². The first-order valence-corrected chi connectivity index (χ1v) is 3.85. The predicted molar refractivity (Wildman–Crippen MR) is 47.1 cm³/mol. The summed E-state index contributed by atoms with van der Waals surface area (Å²) in [5.74, 6) is -1.13. The van der Waals surface area contributed by atoms with E-state index in [9.17, 15) is 9.59 Å². The summed E-state index contributed by atoms with van der Waals surface area (Å²) in [5, 5.41) is 8.76.